The molecule has 0 aliphatic heterocycles. The first-order chi connectivity index (χ1) is 16.0. The van der Waals surface area contributed by atoms with Crippen molar-refractivity contribution in [3.8, 4) is 10.6 Å². The Morgan fingerprint density at radius 1 is 1.06 bits per heavy atom. The molecule has 5 rings (SSSR count). The SMILES string of the molecule is O=C(O)CCCNCc1ccc(-c2nc3ccc(C4(c5ccccc5)C=C4)nc3s2)c(F)c1. The summed E-state index contributed by atoms with van der Waals surface area (Å²) in [5, 5.41) is 12.4. The van der Waals surface area contributed by atoms with Crippen LogP contribution in [0.3, 0.4) is 0 Å². The number of aromatic nitrogens is 2. The Labute approximate surface area is 194 Å². The van der Waals surface area contributed by atoms with Gasteiger partial charge in [0.15, 0.2) is 0 Å². The van der Waals surface area contributed by atoms with Gasteiger partial charge in [-0.05, 0) is 48.4 Å². The molecule has 7 heteroatoms. The molecule has 0 unspecified atom stereocenters. The van der Waals surface area contributed by atoms with E-state index in [1.165, 1.54) is 23.0 Å². The molecule has 0 radical (unpaired) electrons. The van der Waals surface area contributed by atoms with E-state index in [0.717, 1.165) is 21.6 Å². The zero-order valence-corrected chi connectivity index (χ0v) is 18.6. The lowest BCUT2D eigenvalue weighted by atomic mass is 9.89. The van der Waals surface area contributed by atoms with E-state index >= 15 is 0 Å². The van der Waals surface area contributed by atoms with Crippen molar-refractivity contribution in [2.45, 2.75) is 24.8 Å². The summed E-state index contributed by atoms with van der Waals surface area (Å²) in [4.78, 5) is 20.8. The quantitative estimate of drug-likeness (QED) is 0.262. The highest BCUT2D eigenvalue weighted by Crippen LogP contribution is 2.45. The number of nitrogens with one attached hydrogen (secondary N) is 1. The number of halogens is 1. The normalized spacial score (nSPS) is 14.0. The number of carboxylic acid groups (broad SMARTS) is 1. The molecular formula is C26H22FN3O2S. The van der Waals surface area contributed by atoms with Crippen molar-refractivity contribution >= 4 is 27.7 Å². The monoisotopic (exact) mass is 459 g/mol. The van der Waals surface area contributed by atoms with E-state index in [1.807, 2.05) is 36.4 Å². The second kappa shape index (κ2) is 8.84. The molecule has 0 fully saturated rings. The van der Waals surface area contributed by atoms with Crippen molar-refractivity contribution in [1.29, 1.82) is 0 Å². The maximum atomic E-state index is 14.9. The summed E-state index contributed by atoms with van der Waals surface area (Å²) < 4.78 is 14.9. The number of carbonyl (C=O) groups is 1. The molecule has 5 nitrogen and oxygen atoms in total. The van der Waals surface area contributed by atoms with Gasteiger partial charge in [0.2, 0.25) is 0 Å². The Hall–Kier alpha value is -3.42. The number of hydrogen-bond donors (Lipinski definition) is 2. The van der Waals surface area contributed by atoms with Gasteiger partial charge in [0.25, 0.3) is 0 Å². The number of hydrogen-bond acceptors (Lipinski definition) is 5. The van der Waals surface area contributed by atoms with Crippen molar-refractivity contribution in [3.63, 3.8) is 0 Å². The Morgan fingerprint density at radius 2 is 1.88 bits per heavy atom. The number of aliphatic carboxylic acids is 1. The highest BCUT2D eigenvalue weighted by Gasteiger charge is 2.39. The molecule has 0 bridgehead atoms. The molecule has 0 amide bonds. The highest BCUT2D eigenvalue weighted by molar-refractivity contribution is 7.21. The maximum absolute atomic E-state index is 14.9. The highest BCUT2D eigenvalue weighted by atomic mass is 32.1. The van der Waals surface area contributed by atoms with Crippen molar-refractivity contribution < 1.29 is 14.3 Å². The van der Waals surface area contributed by atoms with Gasteiger partial charge in [0.05, 0.1) is 11.1 Å². The number of fused-ring (bicyclic) bond motifs is 1. The number of nitrogens with zero attached hydrogens (tertiary/aromatic N) is 2. The smallest absolute Gasteiger partial charge is 0.303 e. The molecule has 166 valence electrons. The second-order valence-corrected chi connectivity index (χ2v) is 9.07. The van der Waals surface area contributed by atoms with Crippen LogP contribution in [0.25, 0.3) is 20.9 Å². The van der Waals surface area contributed by atoms with Crippen LogP contribution in [0.2, 0.25) is 0 Å². The van der Waals surface area contributed by atoms with Crippen LogP contribution < -0.4 is 5.32 Å². The molecule has 1 aliphatic carbocycles. The lowest BCUT2D eigenvalue weighted by molar-refractivity contribution is -0.137. The van der Waals surface area contributed by atoms with Crippen molar-refractivity contribution in [2.24, 2.45) is 0 Å². The Kier molecular flexibility index (Phi) is 5.74. The van der Waals surface area contributed by atoms with E-state index in [9.17, 15) is 9.18 Å². The Balaban J connectivity index is 1.34. The van der Waals surface area contributed by atoms with Crippen molar-refractivity contribution in [2.75, 3.05) is 6.54 Å². The standard InChI is InChI=1S/C26H22FN3O2S/c27-20-15-17(16-28-14-4-7-23(31)32)8-9-19(20)24-29-21-10-11-22(30-25(21)33-24)26(12-13-26)18-5-2-1-3-6-18/h1-3,5-6,8-13,15,28H,4,7,14,16H2,(H,31,32). The van der Waals surface area contributed by atoms with E-state index in [-0.39, 0.29) is 17.7 Å². The first-order valence-corrected chi connectivity index (χ1v) is 11.6. The first kappa shape index (κ1) is 21.4. The summed E-state index contributed by atoms with van der Waals surface area (Å²) in [7, 11) is 0. The van der Waals surface area contributed by atoms with Crippen LogP contribution in [0.5, 0.6) is 0 Å². The number of pyridine rings is 1. The first-order valence-electron chi connectivity index (χ1n) is 10.8. The molecule has 2 N–H and O–H groups in total. The topological polar surface area (TPSA) is 75.1 Å². The number of rotatable bonds is 9. The van der Waals surface area contributed by atoms with Crippen LogP contribution in [-0.2, 0) is 16.8 Å². The molecule has 33 heavy (non-hydrogen) atoms. The molecular weight excluding hydrogens is 437 g/mol. The van der Waals surface area contributed by atoms with Gasteiger partial charge in [-0.1, -0.05) is 59.9 Å². The third kappa shape index (κ3) is 4.42. The summed E-state index contributed by atoms with van der Waals surface area (Å²) >= 11 is 1.39. The van der Waals surface area contributed by atoms with Crippen LogP contribution in [-0.4, -0.2) is 27.6 Å². The minimum Gasteiger partial charge on any atom is -0.481 e. The van der Waals surface area contributed by atoms with E-state index in [4.69, 9.17) is 10.1 Å². The van der Waals surface area contributed by atoms with Gasteiger partial charge in [-0.2, -0.15) is 0 Å². The fraction of sp³-hybridized carbons (Fsp3) is 0.192. The Bertz CT molecular complexity index is 1340. The zero-order chi connectivity index (χ0) is 22.8. The largest absolute Gasteiger partial charge is 0.481 e. The van der Waals surface area contributed by atoms with E-state index in [2.05, 4.69) is 34.6 Å². The fourth-order valence-corrected chi connectivity index (χ4v) is 4.88. The predicted molar refractivity (Wildman–Crippen MR) is 128 cm³/mol. The number of benzene rings is 2. The van der Waals surface area contributed by atoms with Crippen molar-refractivity contribution in [1.82, 2.24) is 15.3 Å². The third-order valence-corrected chi connectivity index (χ3v) is 6.77. The second-order valence-electron chi connectivity index (χ2n) is 8.10. The third-order valence-electron chi connectivity index (χ3n) is 5.77. The van der Waals surface area contributed by atoms with Gasteiger partial charge in [0, 0.05) is 18.5 Å². The number of thiazole rings is 1. The minimum absolute atomic E-state index is 0.121. The molecule has 2 heterocycles. The Morgan fingerprint density at radius 3 is 2.61 bits per heavy atom. The molecule has 0 saturated heterocycles. The minimum atomic E-state index is -0.812. The van der Waals surface area contributed by atoms with Crippen LogP contribution >= 0.6 is 11.3 Å². The molecule has 2 aromatic heterocycles. The van der Waals surface area contributed by atoms with E-state index in [0.29, 0.717) is 30.1 Å². The average molecular weight is 460 g/mol. The molecule has 1 aliphatic rings. The van der Waals surface area contributed by atoms with Gasteiger partial charge in [-0.15, -0.1) is 0 Å². The van der Waals surface area contributed by atoms with Gasteiger partial charge in [0.1, 0.15) is 21.2 Å². The van der Waals surface area contributed by atoms with Gasteiger partial charge < -0.3 is 10.4 Å². The van der Waals surface area contributed by atoms with E-state index < -0.39 is 5.97 Å². The summed E-state index contributed by atoms with van der Waals surface area (Å²) in [6, 6.07) is 19.3. The van der Waals surface area contributed by atoms with Crippen LogP contribution in [0, 0.1) is 5.82 Å². The predicted octanol–water partition coefficient (Wildman–Crippen LogP) is 5.31. The van der Waals surface area contributed by atoms with Crippen molar-refractivity contribution in [3.05, 3.63) is 95.5 Å². The fourth-order valence-electron chi connectivity index (χ4n) is 3.91. The maximum Gasteiger partial charge on any atom is 0.303 e. The van der Waals surface area contributed by atoms with Gasteiger partial charge >= 0.3 is 5.97 Å². The molecule has 4 aromatic rings. The molecule has 0 saturated carbocycles. The summed E-state index contributed by atoms with van der Waals surface area (Å²) in [6.45, 7) is 1.05. The molecule has 2 aromatic carbocycles. The van der Waals surface area contributed by atoms with Crippen LogP contribution in [0.1, 0.15) is 29.7 Å². The van der Waals surface area contributed by atoms with E-state index in [1.54, 1.807) is 6.07 Å². The summed E-state index contributed by atoms with van der Waals surface area (Å²) in [5.41, 5.74) is 3.88. The van der Waals surface area contributed by atoms with Gasteiger partial charge in [-0.25, -0.2) is 14.4 Å². The molecule has 0 atom stereocenters. The lowest BCUT2D eigenvalue weighted by Crippen LogP contribution is -2.15. The zero-order valence-electron chi connectivity index (χ0n) is 17.8. The summed E-state index contributed by atoms with van der Waals surface area (Å²) in [5.74, 6) is -1.14. The molecule has 0 spiro atoms. The van der Waals surface area contributed by atoms with Gasteiger partial charge in [-0.3, -0.25) is 4.79 Å². The average Bonchev–Trinajstić information content (AvgIpc) is 3.52. The van der Waals surface area contributed by atoms with Crippen LogP contribution in [0.15, 0.2) is 72.8 Å². The van der Waals surface area contributed by atoms with Crippen LogP contribution in [0.4, 0.5) is 4.39 Å². The number of carboxylic acids is 1. The lowest BCUT2D eigenvalue weighted by Gasteiger charge is -2.15. The number of allylic oxidation sites excluding steroid dienone is 2. The summed E-state index contributed by atoms with van der Waals surface area (Å²) in [6.07, 6.45) is 4.95.